The molecule has 1 N–H and O–H groups in total. The van der Waals surface area contributed by atoms with E-state index in [1.165, 1.54) is 0 Å². The van der Waals surface area contributed by atoms with Crippen molar-refractivity contribution < 1.29 is 14.3 Å². The summed E-state index contributed by atoms with van der Waals surface area (Å²) in [5, 5.41) is 16.3. The molecule has 2 aromatic carbocycles. The predicted molar refractivity (Wildman–Crippen MR) is 116 cm³/mol. The summed E-state index contributed by atoms with van der Waals surface area (Å²) in [6.07, 6.45) is 0.284. The van der Waals surface area contributed by atoms with E-state index in [9.17, 15) is 4.79 Å². The van der Waals surface area contributed by atoms with E-state index in [1.54, 1.807) is 35.9 Å². The number of halogens is 1. The zero-order valence-corrected chi connectivity index (χ0v) is 17.5. The maximum absolute atomic E-state index is 12.1. The molecule has 1 amide bonds. The number of rotatable bonds is 8. The highest BCUT2D eigenvalue weighted by molar-refractivity contribution is 6.30. The van der Waals surface area contributed by atoms with E-state index < -0.39 is 0 Å². The summed E-state index contributed by atoms with van der Waals surface area (Å²) in [7, 11) is 1.61. The average Bonchev–Trinajstić information content (AvgIpc) is 3.22. The normalized spacial score (nSPS) is 10.8. The highest BCUT2D eigenvalue weighted by Crippen LogP contribution is 2.23. The second-order valence-electron chi connectivity index (χ2n) is 6.70. The molecule has 2 heterocycles. The summed E-state index contributed by atoms with van der Waals surface area (Å²) in [4.78, 5) is 12.1. The van der Waals surface area contributed by atoms with Crippen molar-refractivity contribution in [2.45, 2.75) is 6.42 Å². The Bertz CT molecular complexity index is 1190. The number of carbonyl (C=O) groups excluding carboxylic acids is 1. The number of benzene rings is 2. The second-order valence-corrected chi connectivity index (χ2v) is 7.14. The van der Waals surface area contributed by atoms with Crippen LogP contribution in [0.5, 0.6) is 11.6 Å². The first-order valence-electron chi connectivity index (χ1n) is 9.63. The molecular formula is C22H20ClN5O3. The molecule has 158 valence electrons. The van der Waals surface area contributed by atoms with Gasteiger partial charge in [-0.25, -0.2) is 0 Å². The minimum Gasteiger partial charge on any atom is -0.497 e. The molecule has 0 aliphatic heterocycles. The van der Waals surface area contributed by atoms with Gasteiger partial charge in [0.05, 0.1) is 20.1 Å². The third-order valence-electron chi connectivity index (χ3n) is 4.52. The van der Waals surface area contributed by atoms with Crippen molar-refractivity contribution in [3.8, 4) is 23.0 Å². The van der Waals surface area contributed by atoms with Crippen LogP contribution in [0, 0.1) is 0 Å². The minimum atomic E-state index is -0.0894. The molecule has 9 heteroatoms. The molecule has 0 bridgehead atoms. The van der Waals surface area contributed by atoms with E-state index in [1.807, 2.05) is 36.4 Å². The number of hydrogen-bond donors (Lipinski definition) is 1. The van der Waals surface area contributed by atoms with Crippen LogP contribution in [0.3, 0.4) is 0 Å². The monoisotopic (exact) mass is 437 g/mol. The molecule has 8 nitrogen and oxygen atoms in total. The molecular weight excluding hydrogens is 418 g/mol. The summed E-state index contributed by atoms with van der Waals surface area (Å²) in [6.45, 7) is 0.637. The van der Waals surface area contributed by atoms with Crippen molar-refractivity contribution in [2.75, 3.05) is 20.3 Å². The standard InChI is InChI=1S/C22H20ClN5O3/c1-30-18-4-2-3-16(14-18)22-26-25-19-9-10-21(27-28(19)22)31-12-11-24-20(29)13-15-5-7-17(23)8-6-15/h2-10,14H,11-13H2,1H3,(H,24,29). The van der Waals surface area contributed by atoms with Crippen LogP contribution in [-0.2, 0) is 11.2 Å². The lowest BCUT2D eigenvalue weighted by molar-refractivity contribution is -0.120. The fourth-order valence-corrected chi connectivity index (χ4v) is 3.11. The highest BCUT2D eigenvalue weighted by Gasteiger charge is 2.11. The lowest BCUT2D eigenvalue weighted by atomic mass is 10.1. The molecule has 31 heavy (non-hydrogen) atoms. The SMILES string of the molecule is COc1cccc(-c2nnc3ccc(OCCNC(=O)Cc4ccc(Cl)cc4)nn23)c1. The predicted octanol–water partition coefficient (Wildman–Crippen LogP) is 3.19. The number of carbonyl (C=O) groups is 1. The third-order valence-corrected chi connectivity index (χ3v) is 4.77. The van der Waals surface area contributed by atoms with E-state index in [0.717, 1.165) is 16.9 Å². The number of ether oxygens (including phenoxy) is 2. The Labute approximate surface area is 183 Å². The van der Waals surface area contributed by atoms with Crippen molar-refractivity contribution in [1.29, 1.82) is 0 Å². The lowest BCUT2D eigenvalue weighted by Gasteiger charge is -2.08. The van der Waals surface area contributed by atoms with Gasteiger partial charge < -0.3 is 14.8 Å². The van der Waals surface area contributed by atoms with Gasteiger partial charge in [-0.1, -0.05) is 35.9 Å². The van der Waals surface area contributed by atoms with E-state index in [0.29, 0.717) is 28.9 Å². The van der Waals surface area contributed by atoms with E-state index >= 15 is 0 Å². The number of amides is 1. The van der Waals surface area contributed by atoms with Gasteiger partial charge in [-0.3, -0.25) is 4.79 Å². The van der Waals surface area contributed by atoms with Crippen LogP contribution in [0.1, 0.15) is 5.56 Å². The molecule has 0 spiro atoms. The largest absolute Gasteiger partial charge is 0.497 e. The topological polar surface area (TPSA) is 90.6 Å². The summed E-state index contributed by atoms with van der Waals surface area (Å²) in [6, 6.07) is 18.2. The Morgan fingerprint density at radius 2 is 1.94 bits per heavy atom. The molecule has 4 rings (SSSR count). The zero-order valence-electron chi connectivity index (χ0n) is 16.8. The van der Waals surface area contributed by atoms with E-state index in [2.05, 4.69) is 20.6 Å². The van der Waals surface area contributed by atoms with Crippen molar-refractivity contribution in [1.82, 2.24) is 25.1 Å². The zero-order chi connectivity index (χ0) is 21.6. The summed E-state index contributed by atoms with van der Waals surface area (Å²) >= 11 is 5.86. The van der Waals surface area contributed by atoms with Crippen LogP contribution in [0.15, 0.2) is 60.7 Å². The number of methoxy groups -OCH3 is 1. The number of fused-ring (bicyclic) bond motifs is 1. The van der Waals surface area contributed by atoms with Crippen LogP contribution in [0.2, 0.25) is 5.02 Å². The molecule has 0 saturated heterocycles. The Kier molecular flexibility index (Phi) is 6.28. The van der Waals surface area contributed by atoms with Gasteiger partial charge in [0.2, 0.25) is 11.8 Å². The number of nitrogens with one attached hydrogen (secondary N) is 1. The van der Waals surface area contributed by atoms with Crippen LogP contribution in [0.4, 0.5) is 0 Å². The van der Waals surface area contributed by atoms with Gasteiger partial charge in [0, 0.05) is 16.7 Å². The van der Waals surface area contributed by atoms with Crippen molar-refractivity contribution in [3.63, 3.8) is 0 Å². The summed E-state index contributed by atoms with van der Waals surface area (Å²) < 4.78 is 12.6. The molecule has 0 aliphatic carbocycles. The van der Waals surface area contributed by atoms with Gasteiger partial charge in [-0.15, -0.1) is 15.3 Å². The smallest absolute Gasteiger partial charge is 0.231 e. The fourth-order valence-electron chi connectivity index (χ4n) is 2.99. The first-order valence-corrected chi connectivity index (χ1v) is 10.0. The van der Waals surface area contributed by atoms with Crippen molar-refractivity contribution >= 4 is 23.2 Å². The molecule has 0 radical (unpaired) electrons. The van der Waals surface area contributed by atoms with Gasteiger partial charge in [-0.05, 0) is 35.9 Å². The minimum absolute atomic E-state index is 0.0894. The van der Waals surface area contributed by atoms with Gasteiger partial charge in [0.15, 0.2) is 11.5 Å². The van der Waals surface area contributed by atoms with Gasteiger partial charge in [0.1, 0.15) is 12.4 Å². The molecule has 0 unspecified atom stereocenters. The van der Waals surface area contributed by atoms with Gasteiger partial charge in [-0.2, -0.15) is 4.52 Å². The molecule has 0 saturated carbocycles. The maximum Gasteiger partial charge on any atom is 0.231 e. The summed E-state index contributed by atoms with van der Waals surface area (Å²) in [5.41, 5.74) is 2.32. The Balaban J connectivity index is 1.35. The van der Waals surface area contributed by atoms with Gasteiger partial charge >= 0.3 is 0 Å². The summed E-state index contributed by atoms with van der Waals surface area (Å²) in [5.74, 6) is 1.61. The van der Waals surface area contributed by atoms with E-state index in [4.69, 9.17) is 21.1 Å². The molecule has 4 aromatic rings. The van der Waals surface area contributed by atoms with Crippen molar-refractivity contribution in [2.24, 2.45) is 0 Å². The molecule has 0 fully saturated rings. The Morgan fingerprint density at radius 1 is 1.10 bits per heavy atom. The highest BCUT2D eigenvalue weighted by atomic mass is 35.5. The van der Waals surface area contributed by atoms with Crippen LogP contribution in [-0.4, -0.2) is 46.0 Å². The Hall–Kier alpha value is -3.65. The first-order chi connectivity index (χ1) is 15.1. The van der Waals surface area contributed by atoms with E-state index in [-0.39, 0.29) is 18.9 Å². The number of hydrogen-bond acceptors (Lipinski definition) is 6. The Morgan fingerprint density at radius 3 is 2.74 bits per heavy atom. The molecule has 0 aliphatic rings. The average molecular weight is 438 g/mol. The maximum atomic E-state index is 12.1. The van der Waals surface area contributed by atoms with Gasteiger partial charge in [0.25, 0.3) is 0 Å². The lowest BCUT2D eigenvalue weighted by Crippen LogP contribution is -2.29. The fraction of sp³-hybridized carbons (Fsp3) is 0.182. The van der Waals surface area contributed by atoms with Crippen LogP contribution in [0.25, 0.3) is 17.0 Å². The van der Waals surface area contributed by atoms with Crippen molar-refractivity contribution in [3.05, 3.63) is 71.2 Å². The van der Waals surface area contributed by atoms with Crippen LogP contribution < -0.4 is 14.8 Å². The second kappa shape index (κ2) is 9.44. The molecule has 0 atom stereocenters. The number of aromatic nitrogens is 4. The first kappa shape index (κ1) is 20.6. The van der Waals surface area contributed by atoms with Crippen LogP contribution >= 0.6 is 11.6 Å². The third kappa shape index (κ3) is 5.10. The number of nitrogens with zero attached hydrogens (tertiary/aromatic N) is 4. The molecule has 2 aromatic heterocycles. The quantitative estimate of drug-likeness (QED) is 0.426.